The van der Waals surface area contributed by atoms with Gasteiger partial charge in [0.15, 0.2) is 5.82 Å². The van der Waals surface area contributed by atoms with E-state index in [0.29, 0.717) is 6.54 Å². The lowest BCUT2D eigenvalue weighted by Crippen LogP contribution is -2.38. The molecule has 0 aliphatic rings. The zero-order valence-electron chi connectivity index (χ0n) is 11.5. The Balaban J connectivity index is 2.94. The zero-order valence-corrected chi connectivity index (χ0v) is 12.3. The Morgan fingerprint density at radius 3 is 2.68 bits per heavy atom. The largest absolute Gasteiger partial charge is 0.396 e. The lowest BCUT2D eigenvalue weighted by molar-refractivity contribution is 0.216. The van der Waals surface area contributed by atoms with Crippen molar-refractivity contribution in [2.75, 3.05) is 12.3 Å². The highest BCUT2D eigenvalue weighted by Gasteiger charge is 2.25. The monoisotopic (exact) mass is 290 g/mol. The predicted molar refractivity (Wildman–Crippen MR) is 73.0 cm³/mol. The summed E-state index contributed by atoms with van der Waals surface area (Å²) in [5.41, 5.74) is 5.64. The number of nitrogens with two attached hydrogens (primary N) is 1. The molecular weight excluding hydrogens is 268 g/mol. The molecule has 0 aliphatic carbocycles. The summed E-state index contributed by atoms with van der Waals surface area (Å²) in [4.78, 5) is -0.0158. The second-order valence-electron chi connectivity index (χ2n) is 4.71. The van der Waals surface area contributed by atoms with Crippen LogP contribution in [0.4, 0.5) is 5.82 Å². The van der Waals surface area contributed by atoms with E-state index in [4.69, 9.17) is 10.8 Å². The third-order valence-electron chi connectivity index (χ3n) is 2.98. The predicted octanol–water partition coefficient (Wildman–Crippen LogP) is 0.171. The molecule has 4 N–H and O–H groups in total. The van der Waals surface area contributed by atoms with Gasteiger partial charge in [-0.15, -0.1) is 0 Å². The van der Waals surface area contributed by atoms with Crippen LogP contribution in [0.3, 0.4) is 0 Å². The van der Waals surface area contributed by atoms with Gasteiger partial charge in [-0.05, 0) is 19.3 Å². The Kier molecular flexibility index (Phi) is 5.33. The highest BCUT2D eigenvalue weighted by atomic mass is 32.2. The molecule has 2 unspecified atom stereocenters. The fraction of sp³-hybridized carbons (Fsp3) is 0.727. The SMILES string of the molecule is CCCn1cc(S(=O)(=O)NC(C)C(C)CO)c(N)n1. The fourth-order valence-electron chi connectivity index (χ4n) is 1.55. The third kappa shape index (κ3) is 3.92. The summed E-state index contributed by atoms with van der Waals surface area (Å²) in [6.07, 6.45) is 2.27. The molecule has 0 fully saturated rings. The summed E-state index contributed by atoms with van der Waals surface area (Å²) in [6, 6.07) is -0.385. The highest BCUT2D eigenvalue weighted by molar-refractivity contribution is 7.89. The van der Waals surface area contributed by atoms with E-state index in [1.807, 2.05) is 6.92 Å². The van der Waals surface area contributed by atoms with E-state index in [1.165, 1.54) is 10.9 Å². The van der Waals surface area contributed by atoms with Crippen LogP contribution in [0.15, 0.2) is 11.1 Å². The second-order valence-corrected chi connectivity index (χ2v) is 6.39. The summed E-state index contributed by atoms with van der Waals surface area (Å²) in [5.74, 6) is -0.188. The number of aromatic nitrogens is 2. The van der Waals surface area contributed by atoms with Gasteiger partial charge in [-0.1, -0.05) is 13.8 Å². The Bertz CT molecular complexity index is 512. The van der Waals surface area contributed by atoms with Gasteiger partial charge in [0.05, 0.1) is 0 Å². The van der Waals surface area contributed by atoms with Gasteiger partial charge in [-0.3, -0.25) is 4.68 Å². The summed E-state index contributed by atoms with van der Waals surface area (Å²) in [6.45, 7) is 5.95. The van der Waals surface area contributed by atoms with Gasteiger partial charge in [0, 0.05) is 25.4 Å². The average molecular weight is 290 g/mol. The number of nitrogens with zero attached hydrogens (tertiary/aromatic N) is 2. The molecule has 19 heavy (non-hydrogen) atoms. The fourth-order valence-corrected chi connectivity index (χ4v) is 2.98. The van der Waals surface area contributed by atoms with Crippen LogP contribution in [0.25, 0.3) is 0 Å². The van der Waals surface area contributed by atoms with E-state index in [2.05, 4.69) is 9.82 Å². The number of rotatable bonds is 7. The lowest BCUT2D eigenvalue weighted by atomic mass is 10.1. The minimum Gasteiger partial charge on any atom is -0.396 e. The van der Waals surface area contributed by atoms with Crippen molar-refractivity contribution in [2.24, 2.45) is 5.92 Å². The standard InChI is InChI=1S/C11H22N4O3S/c1-4-5-15-6-10(11(12)13-15)19(17,18)14-9(3)8(2)7-16/h6,8-9,14,16H,4-5,7H2,1-3H3,(H2,12,13). The smallest absolute Gasteiger partial charge is 0.246 e. The van der Waals surface area contributed by atoms with Crippen LogP contribution >= 0.6 is 0 Å². The molecule has 1 rings (SSSR count). The van der Waals surface area contributed by atoms with E-state index >= 15 is 0 Å². The molecule has 2 atom stereocenters. The van der Waals surface area contributed by atoms with Gasteiger partial charge in [0.1, 0.15) is 4.90 Å². The third-order valence-corrected chi connectivity index (χ3v) is 4.56. The maximum absolute atomic E-state index is 12.2. The molecule has 0 amide bonds. The number of nitrogens with one attached hydrogen (secondary N) is 1. The van der Waals surface area contributed by atoms with Crippen molar-refractivity contribution in [1.29, 1.82) is 0 Å². The van der Waals surface area contributed by atoms with Crippen LogP contribution in [-0.4, -0.2) is 36.0 Å². The summed E-state index contributed by atoms with van der Waals surface area (Å²) >= 11 is 0. The number of anilines is 1. The minimum absolute atomic E-state index is 0.00944. The molecule has 8 heteroatoms. The Morgan fingerprint density at radius 2 is 2.16 bits per heavy atom. The van der Waals surface area contributed by atoms with E-state index in [0.717, 1.165) is 6.42 Å². The molecule has 0 bridgehead atoms. The molecule has 0 spiro atoms. The maximum atomic E-state index is 12.2. The van der Waals surface area contributed by atoms with Crippen molar-refractivity contribution < 1.29 is 13.5 Å². The first-order valence-corrected chi connectivity index (χ1v) is 7.76. The van der Waals surface area contributed by atoms with Crippen molar-refractivity contribution in [1.82, 2.24) is 14.5 Å². The average Bonchev–Trinajstić information content (AvgIpc) is 2.70. The van der Waals surface area contributed by atoms with Crippen molar-refractivity contribution in [3.63, 3.8) is 0 Å². The van der Waals surface area contributed by atoms with Crippen molar-refractivity contribution in [3.8, 4) is 0 Å². The van der Waals surface area contributed by atoms with Crippen LogP contribution in [0.1, 0.15) is 27.2 Å². The molecule has 0 saturated carbocycles. The van der Waals surface area contributed by atoms with Crippen LogP contribution in [-0.2, 0) is 16.6 Å². The van der Waals surface area contributed by atoms with Crippen molar-refractivity contribution in [2.45, 2.75) is 44.7 Å². The van der Waals surface area contributed by atoms with Crippen molar-refractivity contribution >= 4 is 15.8 Å². The van der Waals surface area contributed by atoms with Crippen LogP contribution < -0.4 is 10.5 Å². The molecule has 0 radical (unpaired) electrons. The molecule has 1 heterocycles. The van der Waals surface area contributed by atoms with Gasteiger partial charge in [0.2, 0.25) is 10.0 Å². The molecule has 1 aromatic rings. The van der Waals surface area contributed by atoms with Gasteiger partial charge >= 0.3 is 0 Å². The summed E-state index contributed by atoms with van der Waals surface area (Å²) in [5, 5.41) is 13.0. The number of sulfonamides is 1. The summed E-state index contributed by atoms with van der Waals surface area (Å²) < 4.78 is 28.4. The number of aryl methyl sites for hydroxylation is 1. The minimum atomic E-state index is -3.71. The number of hydrogen-bond acceptors (Lipinski definition) is 5. The number of aliphatic hydroxyl groups excluding tert-OH is 1. The second kappa shape index (κ2) is 6.36. The lowest BCUT2D eigenvalue weighted by Gasteiger charge is -2.18. The molecule has 0 aliphatic heterocycles. The zero-order chi connectivity index (χ0) is 14.6. The Morgan fingerprint density at radius 1 is 1.53 bits per heavy atom. The highest BCUT2D eigenvalue weighted by Crippen LogP contribution is 2.17. The Hall–Kier alpha value is -1.12. The van der Waals surface area contributed by atoms with Gasteiger partial charge in [-0.25, -0.2) is 13.1 Å². The normalized spacial score (nSPS) is 15.4. The topological polar surface area (TPSA) is 110 Å². The first-order chi connectivity index (χ1) is 8.81. The molecule has 7 nitrogen and oxygen atoms in total. The van der Waals surface area contributed by atoms with Gasteiger partial charge < -0.3 is 10.8 Å². The van der Waals surface area contributed by atoms with Crippen LogP contribution in [0.2, 0.25) is 0 Å². The Labute approximate surface area is 113 Å². The quantitative estimate of drug-likeness (QED) is 0.663. The molecule has 110 valence electrons. The summed E-state index contributed by atoms with van der Waals surface area (Å²) in [7, 11) is -3.71. The van der Waals surface area contributed by atoms with E-state index < -0.39 is 10.0 Å². The number of hydrogen-bond donors (Lipinski definition) is 3. The molecule has 0 saturated heterocycles. The van der Waals surface area contributed by atoms with E-state index in [-0.39, 0.29) is 29.3 Å². The van der Waals surface area contributed by atoms with Gasteiger partial charge in [0.25, 0.3) is 0 Å². The van der Waals surface area contributed by atoms with Crippen molar-refractivity contribution in [3.05, 3.63) is 6.20 Å². The maximum Gasteiger partial charge on any atom is 0.246 e. The van der Waals surface area contributed by atoms with Gasteiger partial charge in [-0.2, -0.15) is 5.10 Å². The van der Waals surface area contributed by atoms with Crippen LogP contribution in [0, 0.1) is 5.92 Å². The number of aliphatic hydroxyl groups is 1. The molecule has 1 aromatic heterocycles. The first-order valence-electron chi connectivity index (χ1n) is 6.28. The molecular formula is C11H22N4O3S. The first kappa shape index (κ1) is 15.9. The number of nitrogen functional groups attached to an aromatic ring is 1. The molecule has 0 aromatic carbocycles. The van der Waals surface area contributed by atoms with E-state index in [9.17, 15) is 8.42 Å². The van der Waals surface area contributed by atoms with Crippen LogP contribution in [0.5, 0.6) is 0 Å². The van der Waals surface area contributed by atoms with E-state index in [1.54, 1.807) is 13.8 Å².